The predicted molar refractivity (Wildman–Crippen MR) is 240 cm³/mol. The zero-order chi connectivity index (χ0) is 44.1. The number of aromatic nitrogens is 4. The highest BCUT2D eigenvalue weighted by Gasteiger charge is 2.33. The molecule has 17 heteroatoms. The van der Waals surface area contributed by atoms with Crippen molar-refractivity contribution in [1.82, 2.24) is 29.5 Å². The second-order valence-electron chi connectivity index (χ2n) is 17.5. The molecule has 15 nitrogen and oxygen atoms in total. The number of halogens is 2. The summed E-state index contributed by atoms with van der Waals surface area (Å²) in [5.41, 5.74) is 6.55. The second-order valence-corrected chi connectivity index (χ2v) is 17.5. The summed E-state index contributed by atoms with van der Waals surface area (Å²) >= 11 is 0. The van der Waals surface area contributed by atoms with E-state index in [0.717, 1.165) is 98.4 Å². The standard InChI is InChI=1S/C47H50F2N10O5/c1-55-42-24-35(4-7-40(42)59(47(55)63)41-8-9-43(60)51-46(41)62)58-26-30(27-58)25-56-12-14-57(15-13-56)34-3-5-36(39(23-34)50-33-10-16-64-17-11-33)45(61)52-44-37-21-28(2-6-38(37)53-54-44)18-29-19-31(48)22-32(49)20-29/h2-7,19-24,30,33,41,50H,8-18,25-27H2,1H3,(H,51,60,62)(H2,52,53,54,61). The van der Waals surface area contributed by atoms with Gasteiger partial charge in [-0.25, -0.2) is 13.6 Å². The van der Waals surface area contributed by atoms with Gasteiger partial charge in [0.1, 0.15) is 17.7 Å². The van der Waals surface area contributed by atoms with E-state index >= 15 is 0 Å². The number of nitrogens with zero attached hydrogens (tertiary/aromatic N) is 6. The van der Waals surface area contributed by atoms with Crippen LogP contribution in [0, 0.1) is 17.6 Å². The molecule has 4 aliphatic heterocycles. The molecule has 10 rings (SSSR count). The first-order chi connectivity index (χ1) is 31.0. The third kappa shape index (κ3) is 8.32. The van der Waals surface area contributed by atoms with E-state index in [1.807, 2.05) is 48.5 Å². The molecular weight excluding hydrogens is 823 g/mol. The summed E-state index contributed by atoms with van der Waals surface area (Å²) in [4.78, 5) is 58.9. The smallest absolute Gasteiger partial charge is 0.329 e. The third-order valence-electron chi connectivity index (χ3n) is 13.2. The van der Waals surface area contributed by atoms with Crippen LogP contribution in [0.3, 0.4) is 0 Å². The van der Waals surface area contributed by atoms with Gasteiger partial charge in [-0.15, -0.1) is 0 Å². The minimum Gasteiger partial charge on any atom is -0.381 e. The summed E-state index contributed by atoms with van der Waals surface area (Å²) in [6.45, 7) is 7.61. The number of benzene rings is 4. The molecule has 0 radical (unpaired) electrons. The molecule has 4 saturated heterocycles. The lowest BCUT2D eigenvalue weighted by Crippen LogP contribution is -2.55. The fraction of sp³-hybridized carbons (Fsp3) is 0.383. The number of hydrogen-bond donors (Lipinski definition) is 4. The molecule has 0 aliphatic carbocycles. The third-order valence-corrected chi connectivity index (χ3v) is 13.2. The quantitative estimate of drug-likeness (QED) is 0.128. The van der Waals surface area contributed by atoms with E-state index in [-0.39, 0.29) is 30.0 Å². The van der Waals surface area contributed by atoms with Crippen molar-refractivity contribution in [2.75, 3.05) is 79.5 Å². The summed E-state index contributed by atoms with van der Waals surface area (Å²) in [7, 11) is 1.72. The molecule has 1 unspecified atom stereocenters. The first-order valence-electron chi connectivity index (χ1n) is 22.0. The molecule has 64 heavy (non-hydrogen) atoms. The van der Waals surface area contributed by atoms with Gasteiger partial charge in [0.05, 0.1) is 22.1 Å². The van der Waals surface area contributed by atoms with Crippen LogP contribution in [0.1, 0.15) is 53.2 Å². The molecule has 6 aromatic rings. The number of imidazole rings is 1. The van der Waals surface area contributed by atoms with Crippen LogP contribution in [0.4, 0.5) is 31.7 Å². The fourth-order valence-corrected chi connectivity index (χ4v) is 9.73. The van der Waals surface area contributed by atoms with Crippen LogP contribution in [0.15, 0.2) is 77.6 Å². The lowest BCUT2D eigenvalue weighted by atomic mass is 9.98. The van der Waals surface area contributed by atoms with E-state index < -0.39 is 23.6 Å². The maximum Gasteiger partial charge on any atom is 0.329 e. The number of aromatic amines is 1. The number of ether oxygens (including phenoxy) is 1. The van der Waals surface area contributed by atoms with E-state index in [1.54, 1.807) is 11.6 Å². The zero-order valence-corrected chi connectivity index (χ0v) is 35.5. The Kier molecular flexibility index (Phi) is 11.1. The number of rotatable bonds is 11. The van der Waals surface area contributed by atoms with Gasteiger partial charge in [0.15, 0.2) is 5.82 Å². The van der Waals surface area contributed by atoms with Crippen molar-refractivity contribution >= 4 is 62.5 Å². The summed E-state index contributed by atoms with van der Waals surface area (Å²) in [6, 6.07) is 20.4. The van der Waals surface area contributed by atoms with Crippen LogP contribution in [0.5, 0.6) is 0 Å². The van der Waals surface area contributed by atoms with Crippen LogP contribution in [-0.2, 0) is 27.8 Å². The van der Waals surface area contributed by atoms with Crippen molar-refractivity contribution in [3.8, 4) is 0 Å². The van der Waals surface area contributed by atoms with Crippen LogP contribution >= 0.6 is 0 Å². The highest BCUT2D eigenvalue weighted by Crippen LogP contribution is 2.33. The second kappa shape index (κ2) is 17.2. The van der Waals surface area contributed by atoms with Gasteiger partial charge in [0.25, 0.3) is 5.91 Å². The number of imide groups is 1. The van der Waals surface area contributed by atoms with Gasteiger partial charge in [-0.2, -0.15) is 5.10 Å². The molecule has 1 atom stereocenters. The number of nitrogens with one attached hydrogen (secondary N) is 4. The summed E-state index contributed by atoms with van der Waals surface area (Å²) in [6.07, 6.45) is 2.48. The van der Waals surface area contributed by atoms with E-state index in [2.05, 4.69) is 46.9 Å². The Morgan fingerprint density at radius 3 is 2.34 bits per heavy atom. The van der Waals surface area contributed by atoms with Crippen molar-refractivity contribution in [1.29, 1.82) is 0 Å². The first kappa shape index (κ1) is 41.4. The van der Waals surface area contributed by atoms with Crippen molar-refractivity contribution in [3.63, 3.8) is 0 Å². The monoisotopic (exact) mass is 872 g/mol. The van der Waals surface area contributed by atoms with Gasteiger partial charge in [-0.3, -0.25) is 38.8 Å². The molecule has 332 valence electrons. The minimum atomic E-state index is -0.710. The molecule has 2 aromatic heterocycles. The largest absolute Gasteiger partial charge is 0.381 e. The lowest BCUT2D eigenvalue weighted by Gasteiger charge is -2.45. The van der Waals surface area contributed by atoms with E-state index in [1.165, 1.54) is 16.7 Å². The number of piperazine rings is 1. The zero-order valence-electron chi connectivity index (χ0n) is 35.5. The van der Waals surface area contributed by atoms with E-state index in [4.69, 9.17) is 4.74 Å². The maximum atomic E-state index is 14.0. The Labute approximate surface area is 367 Å². The van der Waals surface area contributed by atoms with Gasteiger partial charge >= 0.3 is 5.69 Å². The van der Waals surface area contributed by atoms with Gasteiger partial charge < -0.3 is 25.2 Å². The summed E-state index contributed by atoms with van der Waals surface area (Å²) in [5.74, 6) is -1.44. The topological polar surface area (TPSA) is 162 Å². The molecule has 4 fully saturated rings. The molecule has 0 bridgehead atoms. The number of anilines is 4. The number of carbonyl (C=O) groups is 3. The average molecular weight is 873 g/mol. The Morgan fingerprint density at radius 2 is 1.58 bits per heavy atom. The Bertz CT molecular complexity index is 2820. The first-order valence-corrected chi connectivity index (χ1v) is 22.0. The number of aryl methyl sites for hydroxylation is 1. The number of piperidine rings is 1. The van der Waals surface area contributed by atoms with Crippen LogP contribution in [0.25, 0.3) is 21.9 Å². The van der Waals surface area contributed by atoms with E-state index in [0.29, 0.717) is 59.8 Å². The molecule has 4 aromatic carbocycles. The molecule has 3 amide bonds. The highest BCUT2D eigenvalue weighted by molar-refractivity contribution is 6.11. The fourth-order valence-electron chi connectivity index (χ4n) is 9.73. The van der Waals surface area contributed by atoms with Crippen molar-refractivity contribution < 1.29 is 27.9 Å². The summed E-state index contributed by atoms with van der Waals surface area (Å²) < 4.78 is 36.5. The molecule has 4 N–H and O–H groups in total. The van der Waals surface area contributed by atoms with Crippen LogP contribution in [-0.4, -0.2) is 107 Å². The SMILES string of the molecule is Cn1c(=O)n(C2CCC(=O)NC2=O)c2ccc(N3CC(CN4CCN(c5ccc(C(=O)Nc6n[nH]c7ccc(Cc8cc(F)cc(F)c8)cc67)c(NC6CCOCC6)c5)CC4)C3)cc21. The van der Waals surface area contributed by atoms with Crippen LogP contribution < -0.4 is 31.4 Å². The maximum absolute atomic E-state index is 14.0. The minimum absolute atomic E-state index is 0.156. The number of hydrogen-bond acceptors (Lipinski definition) is 10. The van der Waals surface area contributed by atoms with Crippen molar-refractivity contribution in [2.45, 2.75) is 44.2 Å². The normalized spacial score (nSPS) is 19.0. The Hall–Kier alpha value is -6.59. The van der Waals surface area contributed by atoms with Crippen molar-refractivity contribution in [3.05, 3.63) is 112 Å². The van der Waals surface area contributed by atoms with Gasteiger partial charge in [-0.05, 0) is 97.5 Å². The van der Waals surface area contributed by atoms with Gasteiger partial charge in [-0.1, -0.05) is 6.07 Å². The van der Waals surface area contributed by atoms with Gasteiger partial charge in [0, 0.05) is 113 Å². The number of carbonyl (C=O) groups excluding carboxylic acids is 3. The molecule has 0 saturated carbocycles. The number of H-pyrrole nitrogens is 1. The predicted octanol–water partition coefficient (Wildman–Crippen LogP) is 5.16. The molecule has 6 heterocycles. The lowest BCUT2D eigenvalue weighted by molar-refractivity contribution is -0.135. The Morgan fingerprint density at radius 1 is 0.828 bits per heavy atom. The molecule has 4 aliphatic rings. The van der Waals surface area contributed by atoms with Crippen LogP contribution in [0.2, 0.25) is 0 Å². The highest BCUT2D eigenvalue weighted by atomic mass is 19.1. The summed E-state index contributed by atoms with van der Waals surface area (Å²) in [5, 5.41) is 17.1. The molecule has 0 spiro atoms. The Balaban J connectivity index is 0.777. The average Bonchev–Trinajstić information content (AvgIpc) is 3.77. The van der Waals surface area contributed by atoms with E-state index in [9.17, 15) is 28.0 Å². The van der Waals surface area contributed by atoms with Gasteiger partial charge in [0.2, 0.25) is 11.8 Å². The molecular formula is C47H50F2N10O5. The van der Waals surface area contributed by atoms with Crippen molar-refractivity contribution in [2.24, 2.45) is 13.0 Å². The number of fused-ring (bicyclic) bond motifs is 2. The number of amides is 3.